The van der Waals surface area contributed by atoms with E-state index in [1.54, 1.807) is 10.8 Å². The summed E-state index contributed by atoms with van der Waals surface area (Å²) in [4.78, 5) is 17.4. The van der Waals surface area contributed by atoms with Gasteiger partial charge in [-0.2, -0.15) is 5.10 Å². The molecule has 0 spiro atoms. The predicted octanol–water partition coefficient (Wildman–Crippen LogP) is 4.17. The van der Waals surface area contributed by atoms with Crippen molar-refractivity contribution in [3.8, 4) is 16.9 Å². The lowest BCUT2D eigenvalue weighted by Crippen LogP contribution is -2.30. The highest BCUT2D eigenvalue weighted by Gasteiger charge is 2.17. The molecule has 1 unspecified atom stereocenters. The monoisotopic (exact) mass is 465 g/mol. The molecule has 1 amide bonds. The molecule has 7 heteroatoms. The van der Waals surface area contributed by atoms with E-state index in [0.717, 1.165) is 41.2 Å². The highest BCUT2D eigenvalue weighted by molar-refractivity contribution is 5.98. The lowest BCUT2D eigenvalue weighted by atomic mass is 10.0. The third-order valence-electron chi connectivity index (χ3n) is 5.51. The summed E-state index contributed by atoms with van der Waals surface area (Å²) in [6.45, 7) is 16.2. The van der Waals surface area contributed by atoms with Gasteiger partial charge in [-0.3, -0.25) is 9.48 Å². The van der Waals surface area contributed by atoms with Crippen molar-refractivity contribution in [3.05, 3.63) is 72.2 Å². The second-order valence-electron chi connectivity index (χ2n) is 8.88. The van der Waals surface area contributed by atoms with Crippen LogP contribution in [0, 0.1) is 0 Å². The number of benzene rings is 1. The van der Waals surface area contributed by atoms with Crippen LogP contribution in [0.15, 0.2) is 66.7 Å². The van der Waals surface area contributed by atoms with Gasteiger partial charge in [-0.1, -0.05) is 13.2 Å². The summed E-state index contributed by atoms with van der Waals surface area (Å²) in [6, 6.07) is 5.77. The van der Waals surface area contributed by atoms with Crippen LogP contribution in [0.5, 0.6) is 5.75 Å². The van der Waals surface area contributed by atoms with E-state index in [1.165, 1.54) is 0 Å². The number of allylic oxidation sites excluding steroid dienone is 1. The molecule has 0 aliphatic rings. The Balaban J connectivity index is 2.25. The Morgan fingerprint density at radius 1 is 1.21 bits per heavy atom. The fourth-order valence-corrected chi connectivity index (χ4v) is 3.37. The Hall–Kier alpha value is -3.32. The molecule has 1 N–H and O–H groups in total. The first-order valence-electron chi connectivity index (χ1n) is 11.5. The maximum atomic E-state index is 13.2. The molecule has 0 saturated heterocycles. The van der Waals surface area contributed by atoms with Gasteiger partial charge in [0.05, 0.1) is 18.8 Å². The molecule has 2 rings (SSSR count). The highest BCUT2D eigenvalue weighted by Crippen LogP contribution is 2.29. The van der Waals surface area contributed by atoms with Crippen LogP contribution in [-0.2, 0) is 11.8 Å². The molecule has 0 bridgehead atoms. The normalized spacial score (nSPS) is 12.4. The van der Waals surface area contributed by atoms with Gasteiger partial charge in [0.1, 0.15) is 5.75 Å². The molecule has 1 atom stereocenters. The number of likely N-dealkylation sites (N-methyl/N-ethyl adjacent to an activating group) is 2. The van der Waals surface area contributed by atoms with Crippen molar-refractivity contribution in [2.75, 3.05) is 40.8 Å². The number of rotatable bonds is 12. The predicted molar refractivity (Wildman–Crippen MR) is 140 cm³/mol. The zero-order valence-electron chi connectivity index (χ0n) is 21.7. The van der Waals surface area contributed by atoms with Crippen molar-refractivity contribution >= 4 is 5.91 Å². The molecule has 1 aromatic heterocycles. The molecule has 34 heavy (non-hydrogen) atoms. The van der Waals surface area contributed by atoms with Crippen molar-refractivity contribution < 1.29 is 9.53 Å². The van der Waals surface area contributed by atoms with Crippen LogP contribution in [0.4, 0.5) is 0 Å². The van der Waals surface area contributed by atoms with E-state index >= 15 is 0 Å². The van der Waals surface area contributed by atoms with Crippen LogP contribution in [0.1, 0.15) is 32.4 Å². The molecule has 0 radical (unpaired) electrons. The van der Waals surface area contributed by atoms with Gasteiger partial charge in [0, 0.05) is 50.2 Å². The molecule has 2 aromatic rings. The zero-order valence-corrected chi connectivity index (χ0v) is 21.7. The van der Waals surface area contributed by atoms with Crippen molar-refractivity contribution in [1.29, 1.82) is 0 Å². The average molecular weight is 466 g/mol. The van der Waals surface area contributed by atoms with Gasteiger partial charge in [0.15, 0.2) is 0 Å². The van der Waals surface area contributed by atoms with Gasteiger partial charge in [0.2, 0.25) is 0 Å². The van der Waals surface area contributed by atoms with Gasteiger partial charge in [-0.15, -0.1) is 0 Å². The van der Waals surface area contributed by atoms with E-state index in [0.29, 0.717) is 17.8 Å². The minimum absolute atomic E-state index is 0.188. The Kier molecular flexibility index (Phi) is 9.69. The molecule has 184 valence electrons. The third kappa shape index (κ3) is 7.63. The Labute approximate surface area is 204 Å². The molecule has 0 saturated carbocycles. The lowest BCUT2D eigenvalue weighted by Gasteiger charge is -2.23. The number of aromatic nitrogens is 2. The van der Waals surface area contributed by atoms with Crippen LogP contribution in [-0.4, -0.2) is 66.3 Å². The van der Waals surface area contributed by atoms with Crippen LogP contribution < -0.4 is 10.1 Å². The minimum Gasteiger partial charge on any atom is -0.494 e. The van der Waals surface area contributed by atoms with Gasteiger partial charge in [-0.25, -0.2) is 0 Å². The lowest BCUT2D eigenvalue weighted by molar-refractivity contribution is -0.117. The standard InChI is InChI=1S/C27H39N5O2/c1-10-34-25-15-22(14-23(16-25)24-17-28-32(9)18-24)21(5)29-27(33)26(19(2)3)13-20(4)31(8)12-11-30(6)7/h13-18,21H,2,4,10-12H2,1,3,5-9H3,(H,29,33)/b26-13+. The summed E-state index contributed by atoms with van der Waals surface area (Å²) in [6.07, 6.45) is 5.58. The number of amides is 1. The van der Waals surface area contributed by atoms with Gasteiger partial charge < -0.3 is 19.9 Å². The van der Waals surface area contributed by atoms with Crippen molar-refractivity contribution in [2.24, 2.45) is 7.05 Å². The van der Waals surface area contributed by atoms with Crippen molar-refractivity contribution in [3.63, 3.8) is 0 Å². The number of carbonyl (C=O) groups is 1. The number of nitrogens with one attached hydrogen (secondary N) is 1. The molecule has 7 nitrogen and oxygen atoms in total. The summed E-state index contributed by atoms with van der Waals surface area (Å²) in [5.74, 6) is 0.568. The fourth-order valence-electron chi connectivity index (χ4n) is 3.37. The molecule has 1 aromatic carbocycles. The summed E-state index contributed by atoms with van der Waals surface area (Å²) in [7, 11) is 7.91. The number of carbonyl (C=O) groups excluding carboxylic acids is 1. The van der Waals surface area contributed by atoms with E-state index < -0.39 is 0 Å². The van der Waals surface area contributed by atoms with Crippen LogP contribution in [0.2, 0.25) is 0 Å². The number of aryl methyl sites for hydroxylation is 1. The van der Waals surface area contributed by atoms with Crippen molar-refractivity contribution in [2.45, 2.75) is 26.8 Å². The molecule has 0 aliphatic carbocycles. The average Bonchev–Trinajstić information content (AvgIpc) is 3.21. The summed E-state index contributed by atoms with van der Waals surface area (Å²) in [5.41, 5.74) is 4.89. The molecule has 0 fully saturated rings. The smallest absolute Gasteiger partial charge is 0.252 e. The second kappa shape index (κ2) is 12.2. The van der Waals surface area contributed by atoms with E-state index in [9.17, 15) is 4.79 Å². The maximum Gasteiger partial charge on any atom is 0.252 e. The van der Waals surface area contributed by atoms with E-state index in [1.807, 2.05) is 78.4 Å². The van der Waals surface area contributed by atoms with Gasteiger partial charge in [0.25, 0.3) is 5.91 Å². The summed E-state index contributed by atoms with van der Waals surface area (Å²) < 4.78 is 7.55. The third-order valence-corrected chi connectivity index (χ3v) is 5.51. The largest absolute Gasteiger partial charge is 0.494 e. The van der Waals surface area contributed by atoms with E-state index in [-0.39, 0.29) is 11.9 Å². The van der Waals surface area contributed by atoms with Gasteiger partial charge in [-0.05, 0) is 75.8 Å². The quantitative estimate of drug-likeness (QED) is 0.377. The second-order valence-corrected chi connectivity index (χ2v) is 8.88. The van der Waals surface area contributed by atoms with Crippen molar-refractivity contribution in [1.82, 2.24) is 24.9 Å². The highest BCUT2D eigenvalue weighted by atomic mass is 16.5. The van der Waals surface area contributed by atoms with E-state index in [4.69, 9.17) is 4.74 Å². The summed E-state index contributed by atoms with van der Waals surface area (Å²) >= 11 is 0. The number of ether oxygens (including phenoxy) is 1. The first-order valence-corrected chi connectivity index (χ1v) is 11.5. The Morgan fingerprint density at radius 3 is 2.47 bits per heavy atom. The zero-order chi connectivity index (χ0) is 25.4. The first kappa shape index (κ1) is 26.9. The summed E-state index contributed by atoms with van der Waals surface area (Å²) in [5, 5.41) is 7.39. The molecular formula is C27H39N5O2. The van der Waals surface area contributed by atoms with Crippen LogP contribution in [0.3, 0.4) is 0 Å². The molecule has 0 aliphatic heterocycles. The first-order chi connectivity index (χ1) is 16.0. The SMILES string of the molecule is C=C(C)/C(=C\C(=C)N(C)CCN(C)C)C(=O)NC(C)c1cc(OCC)cc(-c2cnn(C)c2)c1. The van der Waals surface area contributed by atoms with E-state index in [2.05, 4.69) is 34.5 Å². The fraction of sp³-hybridized carbons (Fsp3) is 0.407. The van der Waals surface area contributed by atoms with Crippen LogP contribution in [0.25, 0.3) is 11.1 Å². The number of hydrogen-bond acceptors (Lipinski definition) is 5. The Morgan fingerprint density at radius 2 is 1.91 bits per heavy atom. The van der Waals surface area contributed by atoms with Gasteiger partial charge >= 0.3 is 0 Å². The minimum atomic E-state index is -0.245. The maximum absolute atomic E-state index is 13.2. The Bertz CT molecular complexity index is 1050. The molecule has 1 heterocycles. The molecular weight excluding hydrogens is 426 g/mol. The van der Waals surface area contributed by atoms with Crippen LogP contribution >= 0.6 is 0 Å². The number of nitrogens with zero attached hydrogens (tertiary/aromatic N) is 4. The number of hydrogen-bond donors (Lipinski definition) is 1. The topological polar surface area (TPSA) is 62.6 Å².